The van der Waals surface area contributed by atoms with Crippen molar-refractivity contribution in [2.24, 2.45) is 0 Å². The molecule has 0 atom stereocenters. The molecule has 0 spiro atoms. The summed E-state index contributed by atoms with van der Waals surface area (Å²) in [6.45, 7) is 0. The van der Waals surface area contributed by atoms with Gasteiger partial charge in [-0.15, -0.1) is 0 Å². The van der Waals surface area contributed by atoms with E-state index in [4.69, 9.17) is 21.1 Å². The molecular weight excluding hydrogens is 285 g/mol. The quantitative estimate of drug-likeness (QED) is 0.852. The molecule has 102 valence electrons. The molecule has 2 rings (SSSR count). The van der Waals surface area contributed by atoms with Crippen LogP contribution in [0.15, 0.2) is 12.1 Å². The lowest BCUT2D eigenvalue weighted by atomic mass is 10.2. The molecule has 1 heterocycles. The fraction of sp³-hybridized carbons (Fsp3) is 0.273. The van der Waals surface area contributed by atoms with E-state index in [0.717, 1.165) is 0 Å². The fourth-order valence-corrected chi connectivity index (χ4v) is 1.84. The second-order valence-electron chi connectivity index (χ2n) is 3.53. The van der Waals surface area contributed by atoms with Gasteiger partial charge < -0.3 is 9.47 Å². The zero-order valence-corrected chi connectivity index (χ0v) is 10.6. The van der Waals surface area contributed by atoms with Crippen molar-refractivity contribution in [3.63, 3.8) is 0 Å². The van der Waals surface area contributed by atoms with Crippen LogP contribution in [0, 0.1) is 0 Å². The predicted octanol–water partition coefficient (Wildman–Crippen LogP) is 3.32. The Morgan fingerprint density at radius 1 is 1.11 bits per heavy atom. The van der Waals surface area contributed by atoms with Crippen molar-refractivity contribution in [2.75, 3.05) is 14.2 Å². The van der Waals surface area contributed by atoms with E-state index >= 15 is 0 Å². The van der Waals surface area contributed by atoms with Gasteiger partial charge in [0, 0.05) is 0 Å². The summed E-state index contributed by atoms with van der Waals surface area (Å²) in [4.78, 5) is 6.76. The number of methoxy groups -OCH3 is 2. The van der Waals surface area contributed by atoms with Gasteiger partial charge in [-0.3, -0.25) is 0 Å². The van der Waals surface area contributed by atoms with E-state index in [2.05, 4.69) is 9.97 Å². The minimum absolute atomic E-state index is 0.0220. The molecule has 0 saturated heterocycles. The van der Waals surface area contributed by atoms with Crippen LogP contribution < -0.4 is 9.47 Å². The zero-order valence-electron chi connectivity index (χ0n) is 9.88. The number of benzene rings is 1. The van der Waals surface area contributed by atoms with Gasteiger partial charge in [0.1, 0.15) is 16.3 Å². The van der Waals surface area contributed by atoms with Gasteiger partial charge in [0.2, 0.25) is 11.7 Å². The second kappa shape index (κ2) is 4.73. The highest BCUT2D eigenvalue weighted by Gasteiger charge is 2.36. The lowest BCUT2D eigenvalue weighted by molar-refractivity contribution is -0.144. The number of hydrogen-bond donors (Lipinski definition) is 0. The second-order valence-corrected chi connectivity index (χ2v) is 3.91. The van der Waals surface area contributed by atoms with Gasteiger partial charge >= 0.3 is 6.18 Å². The Kier molecular flexibility index (Phi) is 3.40. The van der Waals surface area contributed by atoms with E-state index in [1.54, 1.807) is 0 Å². The molecular formula is C11H8ClF3N2O2. The van der Waals surface area contributed by atoms with Gasteiger partial charge in [-0.25, -0.2) is 4.98 Å². The molecule has 0 amide bonds. The van der Waals surface area contributed by atoms with Crippen molar-refractivity contribution in [3.05, 3.63) is 23.0 Å². The molecule has 1 aromatic heterocycles. The van der Waals surface area contributed by atoms with E-state index in [1.165, 1.54) is 26.4 Å². The maximum atomic E-state index is 12.7. The van der Waals surface area contributed by atoms with Crippen LogP contribution >= 0.6 is 11.6 Å². The van der Waals surface area contributed by atoms with Crippen LogP contribution in [0.2, 0.25) is 5.02 Å². The molecule has 4 nitrogen and oxygen atoms in total. The number of fused-ring (bicyclic) bond motifs is 1. The third-order valence-electron chi connectivity index (χ3n) is 2.40. The van der Waals surface area contributed by atoms with Crippen molar-refractivity contribution in [3.8, 4) is 11.6 Å². The Hall–Kier alpha value is -1.76. The van der Waals surface area contributed by atoms with Crippen LogP contribution in [0.3, 0.4) is 0 Å². The predicted molar refractivity (Wildman–Crippen MR) is 62.7 cm³/mol. The van der Waals surface area contributed by atoms with Gasteiger partial charge in [-0.1, -0.05) is 11.6 Å². The molecule has 1 aromatic carbocycles. The largest absolute Gasteiger partial charge is 0.495 e. The SMILES string of the molecule is COc1ccc2c(OC)nc(C(F)(F)F)nc2c1Cl. The number of hydrogen-bond acceptors (Lipinski definition) is 4. The molecule has 0 bridgehead atoms. The summed E-state index contributed by atoms with van der Waals surface area (Å²) in [5.74, 6) is -1.28. The average Bonchev–Trinajstić information content (AvgIpc) is 2.37. The smallest absolute Gasteiger partial charge is 0.451 e. The molecule has 0 aliphatic carbocycles. The van der Waals surface area contributed by atoms with Gasteiger partial charge in [-0.05, 0) is 12.1 Å². The molecule has 0 aliphatic rings. The van der Waals surface area contributed by atoms with Crippen LogP contribution in [-0.4, -0.2) is 24.2 Å². The Labute approximate surface area is 111 Å². The number of aromatic nitrogens is 2. The normalized spacial score (nSPS) is 11.7. The first kappa shape index (κ1) is 13.7. The number of nitrogens with zero attached hydrogens (tertiary/aromatic N) is 2. The van der Waals surface area contributed by atoms with Gasteiger partial charge in [0.05, 0.1) is 19.6 Å². The maximum Gasteiger partial charge on any atom is 0.451 e. The highest BCUT2D eigenvalue weighted by molar-refractivity contribution is 6.36. The molecule has 0 N–H and O–H groups in total. The minimum Gasteiger partial charge on any atom is -0.495 e. The monoisotopic (exact) mass is 292 g/mol. The van der Waals surface area contributed by atoms with Crippen LogP contribution in [0.5, 0.6) is 11.6 Å². The third-order valence-corrected chi connectivity index (χ3v) is 2.77. The summed E-state index contributed by atoms with van der Waals surface area (Å²) in [6.07, 6.45) is -4.69. The van der Waals surface area contributed by atoms with Gasteiger partial charge in [0.25, 0.3) is 0 Å². The Morgan fingerprint density at radius 2 is 1.79 bits per heavy atom. The topological polar surface area (TPSA) is 44.2 Å². The fourth-order valence-electron chi connectivity index (χ4n) is 1.56. The van der Waals surface area contributed by atoms with Gasteiger partial charge in [-0.2, -0.15) is 18.2 Å². The van der Waals surface area contributed by atoms with Crippen molar-refractivity contribution in [1.82, 2.24) is 9.97 Å². The van der Waals surface area contributed by atoms with E-state index in [0.29, 0.717) is 0 Å². The molecule has 0 unspecified atom stereocenters. The molecule has 0 aliphatic heterocycles. The van der Waals surface area contributed by atoms with E-state index in [-0.39, 0.29) is 27.6 Å². The summed E-state index contributed by atoms with van der Waals surface area (Å²) in [5, 5.41) is 0.257. The van der Waals surface area contributed by atoms with Crippen LogP contribution in [-0.2, 0) is 6.18 Å². The first-order valence-electron chi connectivity index (χ1n) is 5.04. The average molecular weight is 293 g/mol. The maximum absolute atomic E-state index is 12.7. The minimum atomic E-state index is -4.69. The van der Waals surface area contributed by atoms with Crippen molar-refractivity contribution < 1.29 is 22.6 Å². The summed E-state index contributed by atoms with van der Waals surface area (Å²) in [5.41, 5.74) is -0.0693. The van der Waals surface area contributed by atoms with Crippen LogP contribution in [0.1, 0.15) is 5.82 Å². The van der Waals surface area contributed by atoms with Crippen molar-refractivity contribution >= 4 is 22.5 Å². The summed E-state index contributed by atoms with van der Waals surface area (Å²) in [7, 11) is 2.58. The summed E-state index contributed by atoms with van der Waals surface area (Å²) < 4.78 is 47.9. The molecule has 19 heavy (non-hydrogen) atoms. The molecule has 0 saturated carbocycles. The summed E-state index contributed by atoms with van der Waals surface area (Å²) in [6, 6.07) is 2.99. The Bertz CT molecular complexity index is 631. The summed E-state index contributed by atoms with van der Waals surface area (Å²) >= 11 is 5.95. The number of ether oxygens (including phenoxy) is 2. The molecule has 2 aromatic rings. The lowest BCUT2D eigenvalue weighted by Crippen LogP contribution is -2.12. The zero-order chi connectivity index (χ0) is 14.2. The van der Waals surface area contributed by atoms with Gasteiger partial charge in [0.15, 0.2) is 0 Å². The molecule has 8 heteroatoms. The number of alkyl halides is 3. The van der Waals surface area contributed by atoms with E-state index < -0.39 is 12.0 Å². The number of rotatable bonds is 2. The van der Waals surface area contributed by atoms with E-state index in [9.17, 15) is 13.2 Å². The Morgan fingerprint density at radius 3 is 2.32 bits per heavy atom. The lowest BCUT2D eigenvalue weighted by Gasteiger charge is -2.11. The van der Waals surface area contributed by atoms with Crippen molar-refractivity contribution in [1.29, 1.82) is 0 Å². The van der Waals surface area contributed by atoms with Crippen LogP contribution in [0.25, 0.3) is 10.9 Å². The highest BCUT2D eigenvalue weighted by Crippen LogP contribution is 2.37. The third kappa shape index (κ3) is 2.37. The standard InChI is InChI=1S/C11H8ClF3N2O2/c1-18-6-4-3-5-8(7(6)12)16-10(11(13,14)15)17-9(5)19-2/h3-4H,1-2H3. The first-order valence-corrected chi connectivity index (χ1v) is 5.41. The van der Waals surface area contributed by atoms with Crippen molar-refractivity contribution in [2.45, 2.75) is 6.18 Å². The Balaban J connectivity index is 2.83. The number of halogens is 4. The molecule has 0 fully saturated rings. The highest BCUT2D eigenvalue weighted by atomic mass is 35.5. The molecule has 0 radical (unpaired) electrons. The van der Waals surface area contributed by atoms with E-state index in [1.807, 2.05) is 0 Å². The first-order chi connectivity index (χ1) is 8.88. The van der Waals surface area contributed by atoms with Crippen LogP contribution in [0.4, 0.5) is 13.2 Å².